The maximum atomic E-state index is 6.29. The first kappa shape index (κ1) is 28.6. The molecule has 5 heteroatoms. The highest BCUT2D eigenvalue weighted by Crippen LogP contribution is 2.41. The Balaban J connectivity index is 1.20. The van der Waals surface area contributed by atoms with E-state index in [1.54, 1.807) is 11.3 Å². The van der Waals surface area contributed by atoms with Crippen molar-refractivity contribution in [1.82, 2.24) is 15.0 Å². The summed E-state index contributed by atoms with van der Waals surface area (Å²) in [4.78, 5) is 15.6. The Morgan fingerprint density at radius 3 is 1.88 bits per heavy atom. The van der Waals surface area contributed by atoms with E-state index in [-0.39, 0.29) is 0 Å². The first-order valence-electron chi connectivity index (χ1n) is 16.6. The molecule has 7 aromatic carbocycles. The third-order valence-electron chi connectivity index (χ3n) is 9.37. The Hall–Kier alpha value is -6.43. The van der Waals surface area contributed by atoms with Gasteiger partial charge >= 0.3 is 0 Å². The summed E-state index contributed by atoms with van der Waals surface area (Å²) in [5.41, 5.74) is 8.95. The number of nitrogens with zero attached hydrogens (tertiary/aromatic N) is 3. The molecule has 0 aliphatic rings. The molecular formula is C45H27N3OS. The molecule has 0 amide bonds. The predicted molar refractivity (Wildman–Crippen MR) is 207 cm³/mol. The number of aromatic nitrogens is 3. The van der Waals surface area contributed by atoms with Gasteiger partial charge in [-0.15, -0.1) is 11.3 Å². The molecule has 3 heterocycles. The average molecular weight is 658 g/mol. The van der Waals surface area contributed by atoms with Gasteiger partial charge in [0.1, 0.15) is 11.2 Å². The zero-order chi connectivity index (χ0) is 33.0. The van der Waals surface area contributed by atoms with Crippen molar-refractivity contribution in [2.45, 2.75) is 0 Å². The van der Waals surface area contributed by atoms with Gasteiger partial charge in [-0.1, -0.05) is 127 Å². The minimum Gasteiger partial charge on any atom is -0.456 e. The van der Waals surface area contributed by atoms with Crippen LogP contribution < -0.4 is 0 Å². The number of hydrogen-bond donors (Lipinski definition) is 0. The van der Waals surface area contributed by atoms with Crippen LogP contribution in [0.1, 0.15) is 0 Å². The third-order valence-corrected chi connectivity index (χ3v) is 10.6. The molecule has 0 radical (unpaired) electrons. The van der Waals surface area contributed by atoms with Crippen molar-refractivity contribution < 1.29 is 4.42 Å². The van der Waals surface area contributed by atoms with Gasteiger partial charge < -0.3 is 4.42 Å². The van der Waals surface area contributed by atoms with E-state index in [1.165, 1.54) is 21.0 Å². The van der Waals surface area contributed by atoms with Crippen molar-refractivity contribution in [2.24, 2.45) is 0 Å². The number of benzene rings is 7. The Kier molecular flexibility index (Phi) is 6.64. The smallest absolute Gasteiger partial charge is 0.165 e. The molecule has 10 rings (SSSR count). The number of para-hydroxylation sites is 1. The molecule has 3 aromatic heterocycles. The first-order chi connectivity index (χ1) is 24.8. The molecule has 234 valence electrons. The molecule has 0 N–H and O–H groups in total. The Labute approximate surface area is 292 Å². The fourth-order valence-corrected chi connectivity index (χ4v) is 8.17. The number of hydrogen-bond acceptors (Lipinski definition) is 5. The van der Waals surface area contributed by atoms with E-state index in [2.05, 4.69) is 133 Å². The molecule has 4 nitrogen and oxygen atoms in total. The maximum Gasteiger partial charge on any atom is 0.165 e. The zero-order valence-electron chi connectivity index (χ0n) is 26.7. The molecule has 0 saturated heterocycles. The Morgan fingerprint density at radius 1 is 0.360 bits per heavy atom. The molecule has 0 unspecified atom stereocenters. The lowest BCUT2D eigenvalue weighted by molar-refractivity contribution is 0.669. The average Bonchev–Trinajstić information content (AvgIpc) is 3.76. The van der Waals surface area contributed by atoms with E-state index < -0.39 is 0 Å². The van der Waals surface area contributed by atoms with Gasteiger partial charge in [-0.05, 0) is 58.7 Å². The van der Waals surface area contributed by atoms with Gasteiger partial charge in [0.25, 0.3) is 0 Å². The van der Waals surface area contributed by atoms with Gasteiger partial charge in [0.15, 0.2) is 17.5 Å². The van der Waals surface area contributed by atoms with Crippen LogP contribution in [-0.4, -0.2) is 15.0 Å². The van der Waals surface area contributed by atoms with Gasteiger partial charge in [-0.3, -0.25) is 0 Å². The van der Waals surface area contributed by atoms with Crippen LogP contribution in [0.2, 0.25) is 0 Å². The largest absolute Gasteiger partial charge is 0.456 e. The van der Waals surface area contributed by atoms with Crippen molar-refractivity contribution in [2.75, 3.05) is 0 Å². The van der Waals surface area contributed by atoms with Crippen LogP contribution in [0, 0.1) is 0 Å². The minimum absolute atomic E-state index is 0.596. The summed E-state index contributed by atoms with van der Waals surface area (Å²) in [7, 11) is 0. The summed E-state index contributed by atoms with van der Waals surface area (Å²) in [6.07, 6.45) is 0. The lowest BCUT2D eigenvalue weighted by Crippen LogP contribution is -2.01. The number of thiophene rings is 1. The second kappa shape index (κ2) is 11.6. The van der Waals surface area contributed by atoms with Crippen LogP contribution in [0.5, 0.6) is 0 Å². The van der Waals surface area contributed by atoms with E-state index in [0.717, 1.165) is 60.0 Å². The number of fused-ring (bicyclic) bond motifs is 6. The predicted octanol–water partition coefficient (Wildman–Crippen LogP) is 12.5. The van der Waals surface area contributed by atoms with E-state index >= 15 is 0 Å². The fraction of sp³-hybridized carbons (Fsp3) is 0. The van der Waals surface area contributed by atoms with Crippen molar-refractivity contribution in [3.63, 3.8) is 0 Å². The van der Waals surface area contributed by atoms with Gasteiger partial charge in [0.05, 0.1) is 0 Å². The summed E-state index contributed by atoms with van der Waals surface area (Å²) in [6.45, 7) is 0. The quantitative estimate of drug-likeness (QED) is 0.185. The van der Waals surface area contributed by atoms with E-state index in [0.29, 0.717) is 17.5 Å². The first-order valence-corrected chi connectivity index (χ1v) is 17.4. The van der Waals surface area contributed by atoms with Crippen LogP contribution in [0.25, 0.3) is 98.5 Å². The molecule has 50 heavy (non-hydrogen) atoms. The van der Waals surface area contributed by atoms with Gasteiger partial charge in [-0.2, -0.15) is 0 Å². The molecule has 0 saturated carbocycles. The second-order valence-electron chi connectivity index (χ2n) is 12.4. The van der Waals surface area contributed by atoms with E-state index in [4.69, 9.17) is 19.4 Å². The Morgan fingerprint density at radius 2 is 0.980 bits per heavy atom. The highest BCUT2D eigenvalue weighted by atomic mass is 32.1. The van der Waals surface area contributed by atoms with E-state index in [9.17, 15) is 0 Å². The summed E-state index contributed by atoms with van der Waals surface area (Å²) in [5.74, 6) is 1.85. The lowest BCUT2D eigenvalue weighted by atomic mass is 9.95. The molecule has 0 aliphatic heterocycles. The zero-order valence-corrected chi connectivity index (χ0v) is 27.6. The monoisotopic (exact) mass is 657 g/mol. The summed E-state index contributed by atoms with van der Waals surface area (Å²) in [6, 6.07) is 56.9. The van der Waals surface area contributed by atoms with Crippen molar-refractivity contribution >= 4 is 53.4 Å². The number of furan rings is 1. The van der Waals surface area contributed by atoms with Crippen LogP contribution in [0.4, 0.5) is 0 Å². The van der Waals surface area contributed by atoms with Crippen molar-refractivity contribution in [3.05, 3.63) is 164 Å². The van der Waals surface area contributed by atoms with Crippen LogP contribution in [0.3, 0.4) is 0 Å². The van der Waals surface area contributed by atoms with Gasteiger partial charge in [0.2, 0.25) is 0 Å². The van der Waals surface area contributed by atoms with Crippen LogP contribution in [-0.2, 0) is 0 Å². The highest BCUT2D eigenvalue weighted by Gasteiger charge is 2.19. The summed E-state index contributed by atoms with van der Waals surface area (Å²) >= 11 is 1.77. The van der Waals surface area contributed by atoms with E-state index in [1.807, 2.05) is 30.3 Å². The molecule has 0 fully saturated rings. The molecule has 0 aliphatic carbocycles. The van der Waals surface area contributed by atoms with Crippen molar-refractivity contribution in [1.29, 1.82) is 0 Å². The fourth-order valence-electron chi connectivity index (χ4n) is 6.96. The summed E-state index contributed by atoms with van der Waals surface area (Å²) < 4.78 is 8.69. The van der Waals surface area contributed by atoms with Gasteiger partial charge in [0, 0.05) is 47.6 Å². The molecule has 0 spiro atoms. The van der Waals surface area contributed by atoms with Crippen LogP contribution in [0.15, 0.2) is 168 Å². The molecular weight excluding hydrogens is 631 g/mol. The number of rotatable bonds is 5. The minimum atomic E-state index is 0.596. The third kappa shape index (κ3) is 4.79. The maximum absolute atomic E-state index is 6.29. The summed E-state index contributed by atoms with van der Waals surface area (Å²) in [5, 5.41) is 4.60. The normalized spacial score (nSPS) is 11.6. The van der Waals surface area contributed by atoms with Crippen molar-refractivity contribution in [3.8, 4) is 56.4 Å². The van der Waals surface area contributed by atoms with Crippen LogP contribution >= 0.6 is 11.3 Å². The SMILES string of the molecule is c1ccc(-c2cccc(-c3ccccc3-c3nc(-c4ccc5c(c4)oc4ccccc45)nc(-c4cccc5c4sc4ccccc45)n3)c2)cc1. The second-order valence-corrected chi connectivity index (χ2v) is 13.4. The standard InChI is InChI=1S/C45H27N3OS/c1-2-12-28(13-3-1)29-14-10-15-30(26-29)32-16-4-5-19-37(32)44-46-43(31-24-25-34-33-17-6-8-22-39(33)49-40(34)27-31)47-45(48-44)38-21-11-20-36-35-18-7-9-23-41(35)50-42(36)38/h1-27H. The molecule has 10 aromatic rings. The molecule has 0 atom stereocenters. The van der Waals surface area contributed by atoms with Gasteiger partial charge in [-0.25, -0.2) is 15.0 Å². The Bertz CT molecular complexity index is 2890. The lowest BCUT2D eigenvalue weighted by Gasteiger charge is -2.13. The highest BCUT2D eigenvalue weighted by molar-refractivity contribution is 7.26. The molecule has 0 bridgehead atoms. The topological polar surface area (TPSA) is 51.8 Å².